The third kappa shape index (κ3) is 8.47. The van der Waals surface area contributed by atoms with Crippen LogP contribution in [0.5, 0.6) is 5.75 Å². The van der Waals surface area contributed by atoms with Crippen molar-refractivity contribution in [2.75, 3.05) is 20.7 Å². The number of aromatic nitrogens is 1. The Kier molecular flexibility index (Phi) is 11.3. The summed E-state index contributed by atoms with van der Waals surface area (Å²) in [6, 6.07) is 8.30. The van der Waals surface area contributed by atoms with E-state index < -0.39 is 0 Å². The molecule has 0 saturated heterocycles. The first-order valence-electron chi connectivity index (χ1n) is 9.14. The van der Waals surface area contributed by atoms with Crippen molar-refractivity contribution in [1.29, 1.82) is 0 Å². The molecule has 2 aromatic rings. The lowest BCUT2D eigenvalue weighted by molar-refractivity contribution is 0.414. The first-order valence-corrected chi connectivity index (χ1v) is 10.0. The molecule has 2 rings (SSSR count). The number of unbranched alkanes of at least 4 members (excludes halogenated alkanes) is 1. The molecular weight excluding hydrogens is 471 g/mol. The average molecular weight is 502 g/mol. The molecule has 0 aliphatic heterocycles. The van der Waals surface area contributed by atoms with Gasteiger partial charge in [-0.05, 0) is 42.9 Å². The van der Waals surface area contributed by atoms with Gasteiger partial charge >= 0.3 is 0 Å². The summed E-state index contributed by atoms with van der Waals surface area (Å²) in [5, 5.41) is 9.93. The SMILES string of the molecule is CN=C(NCCCCc1ccc(OC)cc1)NCc1nc(C(C)C)cs1.I. The van der Waals surface area contributed by atoms with Crippen molar-refractivity contribution in [2.45, 2.75) is 45.6 Å². The third-order valence-electron chi connectivity index (χ3n) is 4.14. The second kappa shape index (κ2) is 12.9. The minimum atomic E-state index is 0. The van der Waals surface area contributed by atoms with Crippen LogP contribution in [0, 0.1) is 0 Å². The van der Waals surface area contributed by atoms with Gasteiger partial charge in [0.15, 0.2) is 5.96 Å². The molecule has 0 radical (unpaired) electrons. The van der Waals surface area contributed by atoms with E-state index in [0.717, 1.165) is 48.2 Å². The van der Waals surface area contributed by atoms with E-state index >= 15 is 0 Å². The molecule has 0 spiro atoms. The van der Waals surface area contributed by atoms with Gasteiger partial charge in [0.05, 0.1) is 19.3 Å². The number of aryl methyl sites for hydroxylation is 1. The molecule has 0 aliphatic carbocycles. The summed E-state index contributed by atoms with van der Waals surface area (Å²) in [6.45, 7) is 5.95. The molecule has 1 aromatic heterocycles. The van der Waals surface area contributed by atoms with Crippen molar-refractivity contribution in [1.82, 2.24) is 15.6 Å². The van der Waals surface area contributed by atoms with Crippen molar-refractivity contribution in [3.63, 3.8) is 0 Å². The maximum absolute atomic E-state index is 5.18. The number of hydrogen-bond donors (Lipinski definition) is 2. The molecule has 5 nitrogen and oxygen atoms in total. The molecule has 150 valence electrons. The van der Waals surface area contributed by atoms with Gasteiger partial charge in [-0.2, -0.15) is 0 Å². The number of benzene rings is 1. The van der Waals surface area contributed by atoms with Crippen LogP contribution in [0.3, 0.4) is 0 Å². The van der Waals surface area contributed by atoms with Crippen LogP contribution in [0.4, 0.5) is 0 Å². The number of halogens is 1. The van der Waals surface area contributed by atoms with Crippen LogP contribution in [-0.2, 0) is 13.0 Å². The molecule has 7 heteroatoms. The highest BCUT2D eigenvalue weighted by atomic mass is 127. The summed E-state index contributed by atoms with van der Waals surface area (Å²) < 4.78 is 5.18. The van der Waals surface area contributed by atoms with Crippen LogP contribution >= 0.6 is 35.3 Å². The first-order chi connectivity index (χ1) is 12.6. The zero-order valence-corrected chi connectivity index (χ0v) is 19.8. The second-order valence-electron chi connectivity index (χ2n) is 6.48. The van der Waals surface area contributed by atoms with Crippen molar-refractivity contribution < 1.29 is 4.74 Å². The number of hydrogen-bond acceptors (Lipinski definition) is 4. The highest BCUT2D eigenvalue weighted by Gasteiger charge is 2.06. The fraction of sp³-hybridized carbons (Fsp3) is 0.500. The molecule has 1 aromatic carbocycles. The van der Waals surface area contributed by atoms with Gasteiger partial charge in [-0.15, -0.1) is 35.3 Å². The fourth-order valence-electron chi connectivity index (χ4n) is 2.50. The van der Waals surface area contributed by atoms with Crippen molar-refractivity contribution in [3.8, 4) is 5.75 Å². The van der Waals surface area contributed by atoms with E-state index in [-0.39, 0.29) is 24.0 Å². The predicted octanol–water partition coefficient (Wildman–Crippen LogP) is 4.58. The topological polar surface area (TPSA) is 58.5 Å². The predicted molar refractivity (Wildman–Crippen MR) is 126 cm³/mol. The van der Waals surface area contributed by atoms with Crippen molar-refractivity contribution in [2.24, 2.45) is 4.99 Å². The summed E-state index contributed by atoms with van der Waals surface area (Å²) in [4.78, 5) is 8.91. The van der Waals surface area contributed by atoms with Crippen LogP contribution in [0.15, 0.2) is 34.6 Å². The van der Waals surface area contributed by atoms with E-state index in [2.05, 4.69) is 52.0 Å². The number of rotatable bonds is 9. The number of ether oxygens (including phenoxy) is 1. The van der Waals surface area contributed by atoms with Gasteiger partial charge in [0.1, 0.15) is 10.8 Å². The molecule has 0 fully saturated rings. The quantitative estimate of drug-likeness (QED) is 0.228. The van der Waals surface area contributed by atoms with E-state index in [4.69, 9.17) is 4.74 Å². The van der Waals surface area contributed by atoms with Crippen molar-refractivity contribution >= 4 is 41.3 Å². The van der Waals surface area contributed by atoms with E-state index in [1.807, 2.05) is 12.1 Å². The highest BCUT2D eigenvalue weighted by Crippen LogP contribution is 2.17. The van der Waals surface area contributed by atoms with Crippen molar-refractivity contribution in [3.05, 3.63) is 45.9 Å². The lowest BCUT2D eigenvalue weighted by Crippen LogP contribution is -2.37. The molecule has 1 heterocycles. The Morgan fingerprint density at radius 2 is 1.93 bits per heavy atom. The first kappa shape index (κ1) is 23.7. The summed E-state index contributed by atoms with van der Waals surface area (Å²) >= 11 is 1.70. The summed E-state index contributed by atoms with van der Waals surface area (Å²) in [5.41, 5.74) is 2.51. The minimum Gasteiger partial charge on any atom is -0.497 e. The van der Waals surface area contributed by atoms with E-state index in [1.165, 1.54) is 5.56 Å². The largest absolute Gasteiger partial charge is 0.497 e. The Labute approximate surface area is 184 Å². The van der Waals surface area contributed by atoms with E-state index in [1.54, 1.807) is 25.5 Å². The highest BCUT2D eigenvalue weighted by molar-refractivity contribution is 14.0. The number of guanidine groups is 1. The monoisotopic (exact) mass is 502 g/mol. The number of nitrogens with zero attached hydrogens (tertiary/aromatic N) is 2. The van der Waals surface area contributed by atoms with Gasteiger partial charge in [-0.1, -0.05) is 26.0 Å². The number of aliphatic imine (C=N–C) groups is 1. The molecule has 0 unspecified atom stereocenters. The molecule has 0 aliphatic rings. The molecular formula is C20H31IN4OS. The van der Waals surface area contributed by atoms with Gasteiger partial charge in [-0.25, -0.2) is 4.98 Å². The van der Waals surface area contributed by atoms with Crippen LogP contribution < -0.4 is 15.4 Å². The zero-order valence-electron chi connectivity index (χ0n) is 16.6. The molecule has 27 heavy (non-hydrogen) atoms. The lowest BCUT2D eigenvalue weighted by Gasteiger charge is -2.11. The summed E-state index contributed by atoms with van der Waals surface area (Å²) in [6.07, 6.45) is 3.32. The van der Waals surface area contributed by atoms with Gasteiger partial charge in [-0.3, -0.25) is 4.99 Å². The average Bonchev–Trinajstić information content (AvgIpc) is 3.14. The van der Waals surface area contributed by atoms with Crippen LogP contribution in [-0.4, -0.2) is 31.6 Å². The number of thiazole rings is 1. The van der Waals surface area contributed by atoms with Gasteiger partial charge in [0.25, 0.3) is 0 Å². The molecule has 2 N–H and O–H groups in total. The molecule has 0 amide bonds. The van der Waals surface area contributed by atoms with Gasteiger partial charge in [0, 0.05) is 19.0 Å². The normalized spacial score (nSPS) is 11.2. The fourth-order valence-corrected chi connectivity index (χ4v) is 3.40. The lowest BCUT2D eigenvalue weighted by atomic mass is 10.1. The van der Waals surface area contributed by atoms with E-state index in [9.17, 15) is 0 Å². The number of nitrogens with one attached hydrogen (secondary N) is 2. The Bertz CT molecular complexity index is 686. The van der Waals surface area contributed by atoms with Crippen LogP contribution in [0.2, 0.25) is 0 Å². The van der Waals surface area contributed by atoms with Crippen LogP contribution in [0.1, 0.15) is 48.9 Å². The zero-order chi connectivity index (χ0) is 18.8. The maximum Gasteiger partial charge on any atom is 0.191 e. The smallest absolute Gasteiger partial charge is 0.191 e. The van der Waals surface area contributed by atoms with Gasteiger partial charge < -0.3 is 15.4 Å². The second-order valence-corrected chi connectivity index (χ2v) is 7.42. The summed E-state index contributed by atoms with van der Waals surface area (Å²) in [7, 11) is 3.49. The van der Waals surface area contributed by atoms with Crippen LogP contribution in [0.25, 0.3) is 0 Å². The molecule has 0 bridgehead atoms. The minimum absolute atomic E-state index is 0. The Balaban J connectivity index is 0.00000364. The molecule has 0 atom stereocenters. The summed E-state index contributed by atoms with van der Waals surface area (Å²) in [5.74, 6) is 2.21. The Morgan fingerprint density at radius 3 is 2.52 bits per heavy atom. The maximum atomic E-state index is 5.18. The van der Waals surface area contributed by atoms with E-state index in [0.29, 0.717) is 12.5 Å². The Morgan fingerprint density at radius 1 is 1.19 bits per heavy atom. The van der Waals surface area contributed by atoms with Gasteiger partial charge in [0.2, 0.25) is 0 Å². The number of methoxy groups -OCH3 is 1. The Hall–Kier alpha value is -1.35. The standard InChI is InChI=1S/C20H30N4OS.HI/c1-15(2)18-14-26-19(24-18)13-23-20(21-3)22-12-6-5-7-16-8-10-17(25-4)11-9-16;/h8-11,14-15H,5-7,12-13H2,1-4H3,(H2,21,22,23);1H. The third-order valence-corrected chi connectivity index (χ3v) is 5.00. The molecule has 0 saturated carbocycles.